The predicted octanol–water partition coefficient (Wildman–Crippen LogP) is 3.94. The van der Waals surface area contributed by atoms with Gasteiger partial charge in [-0.05, 0) is 43.6 Å². The summed E-state index contributed by atoms with van der Waals surface area (Å²) in [5.74, 6) is 0. The quantitative estimate of drug-likeness (QED) is 0.796. The van der Waals surface area contributed by atoms with Gasteiger partial charge in [0.2, 0.25) is 0 Å². The Morgan fingerprint density at radius 1 is 1.38 bits per heavy atom. The smallest absolute Gasteiger partial charge is 0.120 e. The van der Waals surface area contributed by atoms with Gasteiger partial charge in [-0.1, -0.05) is 35.0 Å². The van der Waals surface area contributed by atoms with Crippen molar-refractivity contribution >= 4 is 15.9 Å². The fourth-order valence-corrected chi connectivity index (χ4v) is 2.71. The Balaban J connectivity index is 2.24. The van der Waals surface area contributed by atoms with Crippen molar-refractivity contribution in [3.63, 3.8) is 0 Å². The van der Waals surface area contributed by atoms with Gasteiger partial charge in [-0.3, -0.25) is 4.90 Å². The minimum Gasteiger partial charge on any atom is -0.294 e. The van der Waals surface area contributed by atoms with Gasteiger partial charge in [-0.2, -0.15) is 0 Å². The second kappa shape index (κ2) is 5.28. The topological polar surface area (TPSA) is 3.24 Å². The lowest BCUT2D eigenvalue weighted by molar-refractivity contribution is 0.0694. The molecule has 3 heteroatoms. The van der Waals surface area contributed by atoms with Crippen LogP contribution in [-0.4, -0.2) is 24.2 Å². The number of nitrogens with zero attached hydrogens (tertiary/aromatic N) is 1. The first kappa shape index (κ1) is 12.1. The summed E-state index contributed by atoms with van der Waals surface area (Å²) < 4.78 is 15.1. The van der Waals surface area contributed by atoms with Gasteiger partial charge in [-0.25, -0.2) is 4.39 Å². The van der Waals surface area contributed by atoms with Crippen LogP contribution in [0.1, 0.15) is 31.4 Å². The molecular weight excluding hydrogens is 269 g/mol. The van der Waals surface area contributed by atoms with Crippen molar-refractivity contribution in [2.75, 3.05) is 13.1 Å². The number of benzene rings is 1. The second-order valence-corrected chi connectivity index (χ2v) is 5.20. The Kier molecular flexibility index (Phi) is 3.98. The number of alkyl halides is 1. The number of hydrogen-bond donors (Lipinski definition) is 0. The van der Waals surface area contributed by atoms with Gasteiger partial charge in [-0.15, -0.1) is 0 Å². The highest BCUT2D eigenvalue weighted by Crippen LogP contribution is 2.33. The van der Waals surface area contributed by atoms with E-state index < -0.39 is 6.17 Å². The van der Waals surface area contributed by atoms with Crippen molar-refractivity contribution in [3.8, 4) is 0 Å². The van der Waals surface area contributed by atoms with E-state index >= 15 is 0 Å². The number of halogens is 2. The number of piperidine rings is 1. The molecule has 0 spiro atoms. The Labute approximate surface area is 105 Å². The molecule has 0 radical (unpaired) electrons. The van der Waals surface area contributed by atoms with E-state index in [1.165, 1.54) is 0 Å². The molecule has 1 aliphatic heterocycles. The fraction of sp³-hybridized carbons (Fsp3) is 0.538. The molecule has 1 heterocycles. The summed E-state index contributed by atoms with van der Waals surface area (Å²) in [6.45, 7) is 4.03. The van der Waals surface area contributed by atoms with Crippen LogP contribution in [0.2, 0.25) is 0 Å². The molecule has 0 saturated carbocycles. The predicted molar refractivity (Wildman–Crippen MR) is 68.3 cm³/mol. The molecule has 1 fully saturated rings. The van der Waals surface area contributed by atoms with Crippen molar-refractivity contribution in [1.82, 2.24) is 4.90 Å². The SMILES string of the molecule is CCN1CCCC(F)C1c1ccc(Br)cc1. The lowest BCUT2D eigenvalue weighted by Gasteiger charge is -2.37. The van der Waals surface area contributed by atoms with Gasteiger partial charge < -0.3 is 0 Å². The highest BCUT2D eigenvalue weighted by Gasteiger charge is 2.31. The van der Waals surface area contributed by atoms with E-state index in [9.17, 15) is 4.39 Å². The highest BCUT2D eigenvalue weighted by molar-refractivity contribution is 9.10. The molecule has 0 aromatic heterocycles. The normalized spacial score (nSPS) is 26.9. The maximum atomic E-state index is 14.0. The Morgan fingerprint density at radius 3 is 2.69 bits per heavy atom. The summed E-state index contributed by atoms with van der Waals surface area (Å²) in [7, 11) is 0. The van der Waals surface area contributed by atoms with Gasteiger partial charge >= 0.3 is 0 Å². The van der Waals surface area contributed by atoms with E-state index in [1.807, 2.05) is 24.3 Å². The average Bonchev–Trinajstić information content (AvgIpc) is 2.30. The van der Waals surface area contributed by atoms with Crippen molar-refractivity contribution < 1.29 is 4.39 Å². The van der Waals surface area contributed by atoms with Crippen molar-refractivity contribution in [2.45, 2.75) is 32.0 Å². The van der Waals surface area contributed by atoms with Crippen molar-refractivity contribution in [3.05, 3.63) is 34.3 Å². The molecular formula is C13H17BrFN. The Hall–Kier alpha value is -0.410. The first-order chi connectivity index (χ1) is 7.72. The van der Waals surface area contributed by atoms with Gasteiger partial charge in [0, 0.05) is 4.47 Å². The van der Waals surface area contributed by atoms with Crippen LogP contribution in [-0.2, 0) is 0 Å². The Bertz CT molecular complexity index is 338. The second-order valence-electron chi connectivity index (χ2n) is 4.28. The summed E-state index contributed by atoms with van der Waals surface area (Å²) in [5.41, 5.74) is 1.09. The first-order valence-electron chi connectivity index (χ1n) is 5.86. The molecule has 2 rings (SSSR count). The molecule has 16 heavy (non-hydrogen) atoms. The summed E-state index contributed by atoms with van der Waals surface area (Å²) in [6.07, 6.45) is 0.939. The van der Waals surface area contributed by atoms with E-state index in [2.05, 4.69) is 27.8 Å². The van der Waals surface area contributed by atoms with Crippen molar-refractivity contribution in [2.24, 2.45) is 0 Å². The average molecular weight is 286 g/mol. The van der Waals surface area contributed by atoms with Gasteiger partial charge in [0.05, 0.1) is 6.04 Å². The summed E-state index contributed by atoms with van der Waals surface area (Å²) in [4.78, 5) is 2.23. The molecule has 0 aliphatic carbocycles. The van der Waals surface area contributed by atoms with Crippen LogP contribution < -0.4 is 0 Å². The molecule has 2 unspecified atom stereocenters. The monoisotopic (exact) mass is 285 g/mol. The van der Waals surface area contributed by atoms with E-state index in [4.69, 9.17) is 0 Å². The Morgan fingerprint density at radius 2 is 2.06 bits per heavy atom. The molecule has 1 aromatic carbocycles. The minimum atomic E-state index is -0.727. The molecule has 88 valence electrons. The van der Waals surface area contributed by atoms with Gasteiger partial charge in [0.25, 0.3) is 0 Å². The third-order valence-corrected chi connectivity index (χ3v) is 3.81. The van der Waals surface area contributed by atoms with Crippen LogP contribution in [0.3, 0.4) is 0 Å². The van der Waals surface area contributed by atoms with E-state index in [-0.39, 0.29) is 6.04 Å². The zero-order valence-electron chi connectivity index (χ0n) is 9.50. The summed E-state index contributed by atoms with van der Waals surface area (Å²) in [5, 5.41) is 0. The van der Waals surface area contributed by atoms with Gasteiger partial charge in [0.1, 0.15) is 6.17 Å². The van der Waals surface area contributed by atoms with E-state index in [0.717, 1.165) is 29.5 Å². The van der Waals surface area contributed by atoms with Crippen molar-refractivity contribution in [1.29, 1.82) is 0 Å². The first-order valence-corrected chi connectivity index (χ1v) is 6.65. The van der Waals surface area contributed by atoms with Crippen LogP contribution >= 0.6 is 15.9 Å². The molecule has 2 atom stereocenters. The molecule has 0 amide bonds. The summed E-state index contributed by atoms with van der Waals surface area (Å²) in [6, 6.07) is 7.98. The van der Waals surface area contributed by atoms with E-state index in [0.29, 0.717) is 6.42 Å². The minimum absolute atomic E-state index is 0.0492. The summed E-state index contributed by atoms with van der Waals surface area (Å²) >= 11 is 3.41. The molecule has 1 aromatic rings. The maximum absolute atomic E-state index is 14.0. The van der Waals surface area contributed by atoms with Crippen LogP contribution in [0.4, 0.5) is 4.39 Å². The largest absolute Gasteiger partial charge is 0.294 e. The zero-order chi connectivity index (χ0) is 11.5. The lowest BCUT2D eigenvalue weighted by atomic mass is 9.93. The standard InChI is InChI=1S/C13H17BrFN/c1-2-16-9-3-4-12(15)13(16)10-5-7-11(14)8-6-10/h5-8,12-13H,2-4,9H2,1H3. The third-order valence-electron chi connectivity index (χ3n) is 3.28. The van der Waals surface area contributed by atoms with Crippen LogP contribution in [0.5, 0.6) is 0 Å². The molecule has 1 saturated heterocycles. The van der Waals surface area contributed by atoms with Crippen LogP contribution in [0.25, 0.3) is 0 Å². The third kappa shape index (κ3) is 2.46. The maximum Gasteiger partial charge on any atom is 0.120 e. The van der Waals surface area contributed by atoms with Crippen LogP contribution in [0.15, 0.2) is 28.7 Å². The van der Waals surface area contributed by atoms with Crippen LogP contribution in [0, 0.1) is 0 Å². The van der Waals surface area contributed by atoms with Gasteiger partial charge in [0.15, 0.2) is 0 Å². The highest BCUT2D eigenvalue weighted by atomic mass is 79.9. The lowest BCUT2D eigenvalue weighted by Crippen LogP contribution is -2.39. The number of hydrogen-bond acceptors (Lipinski definition) is 1. The molecule has 1 nitrogen and oxygen atoms in total. The number of rotatable bonds is 2. The zero-order valence-corrected chi connectivity index (χ0v) is 11.1. The number of likely N-dealkylation sites (tertiary alicyclic amines) is 1. The molecule has 0 bridgehead atoms. The van der Waals surface area contributed by atoms with E-state index in [1.54, 1.807) is 0 Å². The molecule has 0 N–H and O–H groups in total. The molecule has 1 aliphatic rings. The fourth-order valence-electron chi connectivity index (χ4n) is 2.45.